The van der Waals surface area contributed by atoms with Gasteiger partial charge in [0.05, 0.1) is 7.11 Å². The summed E-state index contributed by atoms with van der Waals surface area (Å²) in [6, 6.07) is 2.30. The molecule has 1 saturated heterocycles. The molecule has 0 unspecified atom stereocenters. The Morgan fingerprint density at radius 1 is 1.69 bits per heavy atom. The third kappa shape index (κ3) is 2.24. The van der Waals surface area contributed by atoms with Crippen LogP contribution < -0.4 is 15.6 Å². The first-order valence-electron chi connectivity index (χ1n) is 5.56. The van der Waals surface area contributed by atoms with Gasteiger partial charge in [0, 0.05) is 24.3 Å². The van der Waals surface area contributed by atoms with E-state index in [2.05, 4.69) is 10.3 Å². The van der Waals surface area contributed by atoms with Gasteiger partial charge >= 0.3 is 0 Å². The van der Waals surface area contributed by atoms with Gasteiger partial charge in [0.15, 0.2) is 0 Å². The van der Waals surface area contributed by atoms with Crippen LogP contribution in [0.3, 0.4) is 0 Å². The molecule has 1 aliphatic rings. The van der Waals surface area contributed by atoms with Crippen LogP contribution >= 0.6 is 0 Å². The Balaban J connectivity index is 2.27. The van der Waals surface area contributed by atoms with Gasteiger partial charge in [-0.25, -0.2) is 4.98 Å². The maximum atomic E-state index is 11.8. The second-order valence-corrected chi connectivity index (χ2v) is 4.13. The van der Waals surface area contributed by atoms with E-state index in [0.29, 0.717) is 24.3 Å². The van der Waals surface area contributed by atoms with E-state index in [1.807, 2.05) is 0 Å². The van der Waals surface area contributed by atoms with Gasteiger partial charge < -0.3 is 10.1 Å². The summed E-state index contributed by atoms with van der Waals surface area (Å²) < 4.78 is 6.73. The van der Waals surface area contributed by atoms with Crippen LogP contribution in [0.2, 0.25) is 0 Å². The van der Waals surface area contributed by atoms with Gasteiger partial charge in [-0.3, -0.25) is 9.36 Å². The first-order valence-corrected chi connectivity index (χ1v) is 5.56. The fourth-order valence-corrected chi connectivity index (χ4v) is 2.05. The first kappa shape index (κ1) is 11.1. The van der Waals surface area contributed by atoms with E-state index < -0.39 is 0 Å². The monoisotopic (exact) mass is 223 g/mol. The van der Waals surface area contributed by atoms with Crippen LogP contribution in [0.4, 0.5) is 0 Å². The molecule has 1 aliphatic heterocycles. The average Bonchev–Trinajstić information content (AvgIpc) is 2.74. The zero-order valence-corrected chi connectivity index (χ0v) is 9.69. The van der Waals surface area contributed by atoms with Crippen molar-refractivity contribution in [2.24, 2.45) is 0 Å². The van der Waals surface area contributed by atoms with Crippen molar-refractivity contribution in [1.82, 2.24) is 14.9 Å². The molecule has 16 heavy (non-hydrogen) atoms. The Labute approximate surface area is 94.5 Å². The Hall–Kier alpha value is -1.36. The Bertz CT molecular complexity index is 422. The number of nitrogens with one attached hydrogen (secondary N) is 1. The third-order valence-electron chi connectivity index (χ3n) is 2.85. The summed E-state index contributed by atoms with van der Waals surface area (Å²) in [5.41, 5.74) is 0.649. The molecule has 0 aliphatic carbocycles. The SMILES string of the molecule is COc1nc(C)cc(=O)n1C[C@H]1CCCN1. The van der Waals surface area contributed by atoms with Gasteiger partial charge in [0.1, 0.15) is 0 Å². The highest BCUT2D eigenvalue weighted by molar-refractivity contribution is 5.07. The van der Waals surface area contributed by atoms with E-state index in [-0.39, 0.29) is 5.56 Å². The lowest BCUT2D eigenvalue weighted by atomic mass is 10.2. The molecule has 0 amide bonds. The molecule has 0 aromatic carbocycles. The molecule has 0 bridgehead atoms. The van der Waals surface area contributed by atoms with E-state index in [1.165, 1.54) is 12.5 Å². The number of rotatable bonds is 3. The average molecular weight is 223 g/mol. The number of aromatic nitrogens is 2. The second-order valence-electron chi connectivity index (χ2n) is 4.13. The van der Waals surface area contributed by atoms with Crippen molar-refractivity contribution in [2.75, 3.05) is 13.7 Å². The summed E-state index contributed by atoms with van der Waals surface area (Å²) in [5, 5.41) is 3.36. The van der Waals surface area contributed by atoms with E-state index >= 15 is 0 Å². The highest BCUT2D eigenvalue weighted by atomic mass is 16.5. The molecular weight excluding hydrogens is 206 g/mol. The molecular formula is C11H17N3O2. The fourth-order valence-electron chi connectivity index (χ4n) is 2.05. The van der Waals surface area contributed by atoms with Crippen molar-refractivity contribution in [2.45, 2.75) is 32.4 Å². The molecule has 1 atom stereocenters. The molecule has 1 aromatic rings. The molecule has 5 nitrogen and oxygen atoms in total. The normalized spacial score (nSPS) is 20.0. The van der Waals surface area contributed by atoms with Crippen molar-refractivity contribution in [3.63, 3.8) is 0 Å². The number of aryl methyl sites for hydroxylation is 1. The number of hydrogen-bond acceptors (Lipinski definition) is 4. The highest BCUT2D eigenvalue weighted by Crippen LogP contribution is 2.10. The lowest BCUT2D eigenvalue weighted by Crippen LogP contribution is -2.33. The van der Waals surface area contributed by atoms with Crippen molar-refractivity contribution < 1.29 is 4.74 Å². The summed E-state index contributed by atoms with van der Waals surface area (Å²) in [6.07, 6.45) is 2.27. The smallest absolute Gasteiger partial charge is 0.299 e. The van der Waals surface area contributed by atoms with Crippen LogP contribution in [-0.4, -0.2) is 29.2 Å². The summed E-state index contributed by atoms with van der Waals surface area (Å²) in [5.74, 6) is 0. The third-order valence-corrected chi connectivity index (χ3v) is 2.85. The maximum Gasteiger partial charge on any atom is 0.299 e. The largest absolute Gasteiger partial charge is 0.468 e. The zero-order chi connectivity index (χ0) is 11.5. The highest BCUT2D eigenvalue weighted by Gasteiger charge is 2.17. The summed E-state index contributed by atoms with van der Waals surface area (Å²) in [7, 11) is 1.54. The summed E-state index contributed by atoms with van der Waals surface area (Å²) >= 11 is 0. The van der Waals surface area contributed by atoms with Gasteiger partial charge in [-0.05, 0) is 26.3 Å². The molecule has 1 N–H and O–H groups in total. The Morgan fingerprint density at radius 2 is 2.50 bits per heavy atom. The van der Waals surface area contributed by atoms with Crippen molar-refractivity contribution in [3.05, 3.63) is 22.1 Å². The maximum absolute atomic E-state index is 11.8. The van der Waals surface area contributed by atoms with Gasteiger partial charge in [-0.1, -0.05) is 0 Å². The van der Waals surface area contributed by atoms with Crippen molar-refractivity contribution in [1.29, 1.82) is 0 Å². The lowest BCUT2D eigenvalue weighted by Gasteiger charge is -2.15. The molecule has 2 heterocycles. The van der Waals surface area contributed by atoms with E-state index in [0.717, 1.165) is 13.0 Å². The molecule has 0 saturated carbocycles. The fraction of sp³-hybridized carbons (Fsp3) is 0.636. The summed E-state index contributed by atoms with van der Waals surface area (Å²) in [4.78, 5) is 16.0. The molecule has 0 spiro atoms. The molecule has 2 rings (SSSR count). The second kappa shape index (κ2) is 4.65. The molecule has 1 aromatic heterocycles. The molecule has 1 fully saturated rings. The van der Waals surface area contributed by atoms with Crippen LogP contribution in [0.1, 0.15) is 18.5 Å². The Morgan fingerprint density at radius 3 is 3.12 bits per heavy atom. The molecule has 88 valence electrons. The Kier molecular flexibility index (Phi) is 3.24. The minimum Gasteiger partial charge on any atom is -0.468 e. The van der Waals surface area contributed by atoms with E-state index in [1.54, 1.807) is 18.6 Å². The predicted octanol–water partition coefficient (Wildman–Crippen LogP) is 0.312. The van der Waals surface area contributed by atoms with Crippen LogP contribution in [0.25, 0.3) is 0 Å². The van der Waals surface area contributed by atoms with Crippen molar-refractivity contribution in [3.8, 4) is 6.01 Å². The van der Waals surface area contributed by atoms with Crippen LogP contribution in [0.15, 0.2) is 10.9 Å². The van der Waals surface area contributed by atoms with Gasteiger partial charge in [0.25, 0.3) is 11.6 Å². The van der Waals surface area contributed by atoms with Crippen LogP contribution in [0, 0.1) is 6.92 Å². The predicted molar refractivity (Wildman–Crippen MR) is 60.8 cm³/mol. The van der Waals surface area contributed by atoms with Crippen LogP contribution in [0.5, 0.6) is 6.01 Å². The van der Waals surface area contributed by atoms with E-state index in [9.17, 15) is 4.79 Å². The minimum absolute atomic E-state index is 0.0435. The number of methoxy groups -OCH3 is 1. The number of hydrogen-bond donors (Lipinski definition) is 1. The quantitative estimate of drug-likeness (QED) is 0.801. The van der Waals surface area contributed by atoms with Crippen LogP contribution in [-0.2, 0) is 6.54 Å². The van der Waals surface area contributed by atoms with Gasteiger partial charge in [0.2, 0.25) is 0 Å². The lowest BCUT2D eigenvalue weighted by molar-refractivity contribution is 0.332. The van der Waals surface area contributed by atoms with E-state index in [4.69, 9.17) is 4.74 Å². The number of ether oxygens (including phenoxy) is 1. The zero-order valence-electron chi connectivity index (χ0n) is 9.69. The van der Waals surface area contributed by atoms with Crippen molar-refractivity contribution >= 4 is 0 Å². The minimum atomic E-state index is -0.0435. The standard InChI is InChI=1S/C11H17N3O2/c1-8-6-10(15)14(11(13-8)16-2)7-9-4-3-5-12-9/h6,9,12H,3-5,7H2,1-2H3/t9-/m1/s1. The summed E-state index contributed by atoms with van der Waals surface area (Å²) in [6.45, 7) is 3.46. The van der Waals surface area contributed by atoms with Gasteiger partial charge in [-0.15, -0.1) is 0 Å². The van der Waals surface area contributed by atoms with Gasteiger partial charge in [-0.2, -0.15) is 0 Å². The first-order chi connectivity index (χ1) is 7.70. The molecule has 0 radical (unpaired) electrons. The topological polar surface area (TPSA) is 56.1 Å². The number of nitrogens with zero attached hydrogens (tertiary/aromatic N) is 2. The molecule has 5 heteroatoms.